The van der Waals surface area contributed by atoms with E-state index in [2.05, 4.69) is 23.2 Å². The highest BCUT2D eigenvalue weighted by molar-refractivity contribution is 5.98. The van der Waals surface area contributed by atoms with Crippen LogP contribution in [0.15, 0.2) is 48.5 Å². The maximum Gasteiger partial charge on any atom is 0.303 e. The summed E-state index contributed by atoms with van der Waals surface area (Å²) < 4.78 is 0. The van der Waals surface area contributed by atoms with Crippen molar-refractivity contribution in [3.05, 3.63) is 59.8 Å². The van der Waals surface area contributed by atoms with Gasteiger partial charge in [0.15, 0.2) is 0 Å². The molecule has 0 fully saturated rings. The van der Waals surface area contributed by atoms with Gasteiger partial charge < -0.3 is 10.1 Å². The first kappa shape index (κ1) is 13.4. The van der Waals surface area contributed by atoms with Crippen LogP contribution >= 0.6 is 0 Å². The van der Waals surface area contributed by atoms with E-state index in [9.17, 15) is 4.79 Å². The van der Waals surface area contributed by atoms with Crippen LogP contribution in [0.1, 0.15) is 17.7 Å². The van der Waals surface area contributed by atoms with Gasteiger partial charge in [-0.25, -0.2) is 0 Å². The molecule has 0 radical (unpaired) electrons. The van der Waals surface area contributed by atoms with Crippen molar-refractivity contribution in [1.29, 1.82) is 0 Å². The van der Waals surface area contributed by atoms with Crippen LogP contribution in [0.25, 0.3) is 22.0 Å². The molecule has 1 heterocycles. The van der Waals surface area contributed by atoms with E-state index < -0.39 is 5.97 Å². The number of nitrogens with one attached hydrogen (secondary N) is 1. The zero-order valence-corrected chi connectivity index (χ0v) is 11.9. The Morgan fingerprint density at radius 3 is 2.57 bits per heavy atom. The first-order valence-electron chi connectivity index (χ1n) is 7.04. The van der Waals surface area contributed by atoms with E-state index in [0.717, 1.165) is 33.3 Å². The standard InChI is InChI=1S/C18H17NO2/c1-12-14(10-11-17(20)21)18-15(8-5-9-16(18)19-12)13-6-3-2-4-7-13/h2-9,19H,10-11H2,1H3,(H,20,21). The summed E-state index contributed by atoms with van der Waals surface area (Å²) in [4.78, 5) is 14.3. The molecule has 3 nitrogen and oxygen atoms in total. The number of benzene rings is 2. The summed E-state index contributed by atoms with van der Waals surface area (Å²) in [7, 11) is 0. The predicted octanol–water partition coefficient (Wildman–Crippen LogP) is 4.16. The van der Waals surface area contributed by atoms with E-state index in [-0.39, 0.29) is 6.42 Å². The zero-order valence-electron chi connectivity index (χ0n) is 11.9. The SMILES string of the molecule is Cc1[nH]c2cccc(-c3ccccc3)c2c1CCC(=O)O. The molecule has 0 unspecified atom stereocenters. The predicted molar refractivity (Wildman–Crippen MR) is 84.4 cm³/mol. The van der Waals surface area contributed by atoms with E-state index in [1.54, 1.807) is 0 Å². The second-order valence-corrected chi connectivity index (χ2v) is 5.22. The van der Waals surface area contributed by atoms with Gasteiger partial charge in [-0.3, -0.25) is 4.79 Å². The number of carboxylic acids is 1. The highest BCUT2D eigenvalue weighted by atomic mass is 16.4. The van der Waals surface area contributed by atoms with Gasteiger partial charge >= 0.3 is 5.97 Å². The smallest absolute Gasteiger partial charge is 0.303 e. The highest BCUT2D eigenvalue weighted by Crippen LogP contribution is 2.33. The molecular weight excluding hydrogens is 262 g/mol. The molecule has 0 aliphatic carbocycles. The Hall–Kier alpha value is -2.55. The summed E-state index contributed by atoms with van der Waals surface area (Å²) in [5, 5.41) is 10.1. The topological polar surface area (TPSA) is 53.1 Å². The third kappa shape index (κ3) is 2.55. The van der Waals surface area contributed by atoms with Crippen molar-refractivity contribution in [1.82, 2.24) is 4.98 Å². The van der Waals surface area contributed by atoms with Crippen molar-refractivity contribution in [2.75, 3.05) is 0 Å². The van der Waals surface area contributed by atoms with Gasteiger partial charge in [-0.2, -0.15) is 0 Å². The fraction of sp³-hybridized carbons (Fsp3) is 0.167. The lowest BCUT2D eigenvalue weighted by molar-refractivity contribution is -0.136. The maximum absolute atomic E-state index is 10.9. The number of carboxylic acid groups (broad SMARTS) is 1. The summed E-state index contributed by atoms with van der Waals surface area (Å²) in [6.45, 7) is 2.01. The third-order valence-corrected chi connectivity index (χ3v) is 3.81. The zero-order chi connectivity index (χ0) is 14.8. The first-order valence-corrected chi connectivity index (χ1v) is 7.04. The summed E-state index contributed by atoms with van der Waals surface area (Å²) >= 11 is 0. The molecule has 3 rings (SSSR count). The molecule has 0 atom stereocenters. The number of rotatable bonds is 4. The number of carbonyl (C=O) groups is 1. The molecule has 0 aliphatic heterocycles. The van der Waals surface area contributed by atoms with Crippen LogP contribution in [0.2, 0.25) is 0 Å². The molecule has 21 heavy (non-hydrogen) atoms. The van der Waals surface area contributed by atoms with Gasteiger partial charge in [0.05, 0.1) is 0 Å². The van der Waals surface area contributed by atoms with E-state index in [0.29, 0.717) is 6.42 Å². The molecule has 106 valence electrons. The molecule has 3 heteroatoms. The second-order valence-electron chi connectivity index (χ2n) is 5.22. The van der Waals surface area contributed by atoms with Crippen LogP contribution in [0.3, 0.4) is 0 Å². The van der Waals surface area contributed by atoms with Crippen molar-refractivity contribution >= 4 is 16.9 Å². The van der Waals surface area contributed by atoms with Gasteiger partial charge in [-0.05, 0) is 36.1 Å². The Balaban J connectivity index is 2.19. The van der Waals surface area contributed by atoms with Crippen LogP contribution in [-0.2, 0) is 11.2 Å². The Bertz CT molecular complexity index is 788. The molecule has 0 saturated heterocycles. The van der Waals surface area contributed by atoms with Gasteiger partial charge in [0.2, 0.25) is 0 Å². The van der Waals surface area contributed by atoms with Crippen molar-refractivity contribution < 1.29 is 9.90 Å². The summed E-state index contributed by atoms with van der Waals surface area (Å²) in [5.74, 6) is -0.763. The molecule has 0 spiro atoms. The molecule has 0 bridgehead atoms. The number of aryl methyl sites for hydroxylation is 2. The van der Waals surface area contributed by atoms with Crippen LogP contribution in [-0.4, -0.2) is 16.1 Å². The second kappa shape index (κ2) is 5.44. The van der Waals surface area contributed by atoms with Crippen LogP contribution in [0.5, 0.6) is 0 Å². The molecule has 0 amide bonds. The lowest BCUT2D eigenvalue weighted by Crippen LogP contribution is -1.98. The van der Waals surface area contributed by atoms with E-state index in [4.69, 9.17) is 5.11 Å². The van der Waals surface area contributed by atoms with Crippen molar-refractivity contribution in [3.63, 3.8) is 0 Å². The fourth-order valence-electron chi connectivity index (χ4n) is 2.85. The lowest BCUT2D eigenvalue weighted by Gasteiger charge is -2.06. The van der Waals surface area contributed by atoms with Crippen LogP contribution < -0.4 is 0 Å². The monoisotopic (exact) mass is 279 g/mol. The van der Waals surface area contributed by atoms with Gasteiger partial charge in [-0.15, -0.1) is 0 Å². The van der Waals surface area contributed by atoms with E-state index >= 15 is 0 Å². The van der Waals surface area contributed by atoms with Gasteiger partial charge in [0.1, 0.15) is 0 Å². The summed E-state index contributed by atoms with van der Waals surface area (Å²) in [6.07, 6.45) is 0.696. The largest absolute Gasteiger partial charge is 0.481 e. The highest BCUT2D eigenvalue weighted by Gasteiger charge is 2.14. The molecular formula is C18H17NO2. The van der Waals surface area contributed by atoms with Crippen LogP contribution in [0.4, 0.5) is 0 Å². The number of hydrogen-bond donors (Lipinski definition) is 2. The third-order valence-electron chi connectivity index (χ3n) is 3.81. The summed E-state index contributed by atoms with van der Waals surface area (Å²) in [6, 6.07) is 16.4. The minimum absolute atomic E-state index is 0.150. The maximum atomic E-state index is 10.9. The Morgan fingerprint density at radius 2 is 1.86 bits per heavy atom. The lowest BCUT2D eigenvalue weighted by atomic mass is 9.96. The van der Waals surface area contributed by atoms with Gasteiger partial charge in [-0.1, -0.05) is 42.5 Å². The average Bonchev–Trinajstić information content (AvgIpc) is 2.81. The minimum atomic E-state index is -0.763. The molecule has 3 aromatic rings. The Morgan fingerprint density at radius 1 is 1.10 bits per heavy atom. The number of aromatic nitrogens is 1. The molecule has 1 aromatic heterocycles. The number of aliphatic carboxylic acids is 1. The number of H-pyrrole nitrogens is 1. The van der Waals surface area contributed by atoms with Crippen molar-refractivity contribution in [3.8, 4) is 11.1 Å². The number of hydrogen-bond acceptors (Lipinski definition) is 1. The number of fused-ring (bicyclic) bond motifs is 1. The normalized spacial score (nSPS) is 10.9. The Labute approximate surface area is 123 Å². The number of aromatic amines is 1. The van der Waals surface area contributed by atoms with Crippen LogP contribution in [0, 0.1) is 6.92 Å². The summed E-state index contributed by atoms with van der Waals surface area (Å²) in [5.41, 5.74) is 5.52. The average molecular weight is 279 g/mol. The van der Waals surface area contributed by atoms with Gasteiger partial charge in [0.25, 0.3) is 0 Å². The first-order chi connectivity index (χ1) is 10.2. The minimum Gasteiger partial charge on any atom is -0.481 e. The van der Waals surface area contributed by atoms with Gasteiger partial charge in [0, 0.05) is 23.0 Å². The van der Waals surface area contributed by atoms with Crippen molar-refractivity contribution in [2.24, 2.45) is 0 Å². The Kier molecular flexibility index (Phi) is 3.48. The molecule has 2 aromatic carbocycles. The van der Waals surface area contributed by atoms with Crippen molar-refractivity contribution in [2.45, 2.75) is 19.8 Å². The van der Waals surface area contributed by atoms with E-state index in [1.165, 1.54) is 0 Å². The quantitative estimate of drug-likeness (QED) is 0.753. The molecule has 2 N–H and O–H groups in total. The molecule has 0 saturated carbocycles. The molecule has 0 aliphatic rings. The fourth-order valence-corrected chi connectivity index (χ4v) is 2.85. The van der Waals surface area contributed by atoms with E-state index in [1.807, 2.05) is 37.3 Å².